The summed E-state index contributed by atoms with van der Waals surface area (Å²) in [6.45, 7) is 1.45. The molecule has 0 aromatic carbocycles. The highest BCUT2D eigenvalue weighted by molar-refractivity contribution is 7.12. The van der Waals surface area contributed by atoms with Gasteiger partial charge in [-0.1, -0.05) is 11.6 Å². The molecule has 0 bridgehead atoms. The van der Waals surface area contributed by atoms with E-state index >= 15 is 0 Å². The normalized spacial score (nSPS) is 15.8. The number of hydrogen-bond acceptors (Lipinski definition) is 4. The molecule has 6 nitrogen and oxygen atoms in total. The molecule has 0 radical (unpaired) electrons. The molecule has 1 fully saturated rings. The number of carbonyl (C=O) groups excluding carboxylic acids is 2. The predicted molar refractivity (Wildman–Crippen MR) is 88.6 cm³/mol. The topological polar surface area (TPSA) is 81.2 Å². The van der Waals surface area contributed by atoms with Crippen LogP contribution in [-0.4, -0.2) is 39.4 Å². The third-order valence-electron chi connectivity index (χ3n) is 4.03. The molecule has 0 aliphatic carbocycles. The van der Waals surface area contributed by atoms with E-state index in [1.54, 1.807) is 23.0 Å². The van der Waals surface area contributed by atoms with E-state index in [-0.39, 0.29) is 24.3 Å². The second-order valence-electron chi connectivity index (χ2n) is 5.54. The van der Waals surface area contributed by atoms with E-state index in [2.05, 4.69) is 4.98 Å². The van der Waals surface area contributed by atoms with Gasteiger partial charge >= 0.3 is 0 Å². The van der Waals surface area contributed by atoms with Crippen molar-refractivity contribution in [3.05, 3.63) is 39.6 Å². The van der Waals surface area contributed by atoms with Crippen LogP contribution in [0, 0.1) is 0 Å². The highest BCUT2D eigenvalue weighted by Crippen LogP contribution is 2.30. The maximum absolute atomic E-state index is 12.5. The lowest BCUT2D eigenvalue weighted by atomic mass is 9.95. The second kappa shape index (κ2) is 6.72. The number of nitrogens with two attached hydrogens (primary N) is 1. The van der Waals surface area contributed by atoms with Gasteiger partial charge in [0.2, 0.25) is 5.91 Å². The Balaban J connectivity index is 1.65. The third-order valence-corrected chi connectivity index (χ3v) is 5.36. The average Bonchev–Trinajstić information content (AvgIpc) is 3.15. The summed E-state index contributed by atoms with van der Waals surface area (Å²) in [6, 6.07) is 1.74. The number of rotatable bonds is 4. The highest BCUT2D eigenvalue weighted by Gasteiger charge is 2.28. The van der Waals surface area contributed by atoms with Gasteiger partial charge in [-0.25, -0.2) is 4.98 Å². The molecule has 23 heavy (non-hydrogen) atoms. The van der Waals surface area contributed by atoms with Gasteiger partial charge in [-0.2, -0.15) is 0 Å². The number of piperidine rings is 1. The molecule has 2 amide bonds. The van der Waals surface area contributed by atoms with Crippen LogP contribution >= 0.6 is 22.9 Å². The first kappa shape index (κ1) is 16.0. The van der Waals surface area contributed by atoms with Crippen LogP contribution in [0.5, 0.6) is 0 Å². The number of aromatic nitrogens is 2. The van der Waals surface area contributed by atoms with E-state index < -0.39 is 0 Å². The predicted octanol–water partition coefficient (Wildman–Crippen LogP) is 2.10. The van der Waals surface area contributed by atoms with Crippen molar-refractivity contribution in [3.8, 4) is 0 Å². The Bertz CT molecular complexity index is 719. The standard InChI is InChI=1S/C15H17ClN4O2S/c16-11-3-8-23-13(11)15(22)19-5-1-10(2-6-19)14-18-4-7-20(14)9-12(17)21/h3-4,7-8,10H,1-2,5-6,9H2,(H2,17,21). The maximum atomic E-state index is 12.5. The summed E-state index contributed by atoms with van der Waals surface area (Å²) in [6.07, 6.45) is 5.07. The highest BCUT2D eigenvalue weighted by atomic mass is 35.5. The molecular weight excluding hydrogens is 336 g/mol. The van der Waals surface area contributed by atoms with Crippen LogP contribution in [0.4, 0.5) is 0 Å². The number of likely N-dealkylation sites (tertiary alicyclic amines) is 1. The first-order chi connectivity index (χ1) is 11.1. The molecule has 2 aromatic heterocycles. The largest absolute Gasteiger partial charge is 0.368 e. The zero-order valence-electron chi connectivity index (χ0n) is 12.4. The van der Waals surface area contributed by atoms with Gasteiger partial charge in [0.25, 0.3) is 5.91 Å². The summed E-state index contributed by atoms with van der Waals surface area (Å²) >= 11 is 7.41. The summed E-state index contributed by atoms with van der Waals surface area (Å²) < 4.78 is 1.79. The summed E-state index contributed by atoms with van der Waals surface area (Å²) in [4.78, 5) is 30.4. The van der Waals surface area contributed by atoms with Gasteiger partial charge in [-0.05, 0) is 24.3 Å². The van der Waals surface area contributed by atoms with Crippen molar-refractivity contribution in [2.24, 2.45) is 5.73 Å². The van der Waals surface area contributed by atoms with Gasteiger partial charge in [0, 0.05) is 31.4 Å². The van der Waals surface area contributed by atoms with Crippen LogP contribution in [0.3, 0.4) is 0 Å². The van der Waals surface area contributed by atoms with Crippen molar-refractivity contribution < 1.29 is 9.59 Å². The molecule has 1 saturated heterocycles. The fourth-order valence-corrected chi connectivity index (χ4v) is 4.02. The lowest BCUT2D eigenvalue weighted by Crippen LogP contribution is -2.38. The summed E-state index contributed by atoms with van der Waals surface area (Å²) in [5.74, 6) is 0.699. The summed E-state index contributed by atoms with van der Waals surface area (Å²) in [5.41, 5.74) is 5.26. The Morgan fingerprint density at radius 1 is 1.39 bits per heavy atom. The third kappa shape index (κ3) is 3.40. The SMILES string of the molecule is NC(=O)Cn1ccnc1C1CCN(C(=O)c2sccc2Cl)CC1. The number of primary amides is 1. The molecule has 0 atom stereocenters. The Morgan fingerprint density at radius 2 is 2.13 bits per heavy atom. The molecule has 122 valence electrons. The zero-order valence-corrected chi connectivity index (χ0v) is 14.0. The minimum absolute atomic E-state index is 0.0103. The fourth-order valence-electron chi connectivity index (χ4n) is 2.91. The van der Waals surface area contributed by atoms with Gasteiger partial charge in [-0.15, -0.1) is 11.3 Å². The number of thiophene rings is 1. The second-order valence-corrected chi connectivity index (χ2v) is 6.87. The minimum Gasteiger partial charge on any atom is -0.368 e. The molecule has 8 heteroatoms. The van der Waals surface area contributed by atoms with Crippen molar-refractivity contribution in [1.29, 1.82) is 0 Å². The Kier molecular flexibility index (Phi) is 4.68. The number of carbonyl (C=O) groups is 2. The average molecular weight is 353 g/mol. The van der Waals surface area contributed by atoms with Gasteiger partial charge in [0.1, 0.15) is 17.2 Å². The van der Waals surface area contributed by atoms with Crippen LogP contribution < -0.4 is 5.73 Å². The Hall–Kier alpha value is -1.86. The Labute approximate surface area is 142 Å². The lowest BCUT2D eigenvalue weighted by Gasteiger charge is -2.31. The Morgan fingerprint density at radius 3 is 2.74 bits per heavy atom. The van der Waals surface area contributed by atoms with E-state index in [0.717, 1.165) is 18.7 Å². The molecule has 1 aliphatic heterocycles. The van der Waals surface area contributed by atoms with Crippen LogP contribution in [0.1, 0.15) is 34.3 Å². The molecule has 3 heterocycles. The molecule has 0 saturated carbocycles. The molecule has 0 spiro atoms. The van der Waals surface area contributed by atoms with Gasteiger partial charge in [-0.3, -0.25) is 9.59 Å². The number of halogens is 1. The number of imidazole rings is 1. The minimum atomic E-state index is -0.385. The van der Waals surface area contributed by atoms with E-state index in [1.807, 2.05) is 10.3 Å². The van der Waals surface area contributed by atoms with Crippen molar-refractivity contribution in [3.63, 3.8) is 0 Å². The smallest absolute Gasteiger partial charge is 0.265 e. The van der Waals surface area contributed by atoms with Gasteiger partial charge in [0.05, 0.1) is 5.02 Å². The number of hydrogen-bond donors (Lipinski definition) is 1. The lowest BCUT2D eigenvalue weighted by molar-refractivity contribution is -0.118. The fraction of sp³-hybridized carbons (Fsp3) is 0.400. The first-order valence-corrected chi connectivity index (χ1v) is 8.63. The summed E-state index contributed by atoms with van der Waals surface area (Å²) in [7, 11) is 0. The molecular formula is C15H17ClN4O2S. The van der Waals surface area contributed by atoms with Crippen LogP contribution in [0.15, 0.2) is 23.8 Å². The zero-order chi connectivity index (χ0) is 16.4. The molecule has 0 unspecified atom stereocenters. The monoisotopic (exact) mass is 352 g/mol. The number of amides is 2. The van der Waals surface area contributed by atoms with E-state index in [1.165, 1.54) is 11.3 Å². The van der Waals surface area contributed by atoms with E-state index in [9.17, 15) is 9.59 Å². The summed E-state index contributed by atoms with van der Waals surface area (Å²) in [5, 5.41) is 2.34. The van der Waals surface area contributed by atoms with Crippen LogP contribution in [0.2, 0.25) is 5.02 Å². The van der Waals surface area contributed by atoms with Crippen molar-refractivity contribution in [2.45, 2.75) is 25.3 Å². The van der Waals surface area contributed by atoms with Gasteiger partial charge in [0.15, 0.2) is 0 Å². The van der Waals surface area contributed by atoms with Gasteiger partial charge < -0.3 is 15.2 Å². The van der Waals surface area contributed by atoms with E-state index in [4.69, 9.17) is 17.3 Å². The van der Waals surface area contributed by atoms with Crippen molar-refractivity contribution in [1.82, 2.24) is 14.5 Å². The number of nitrogens with zero attached hydrogens (tertiary/aromatic N) is 3. The van der Waals surface area contributed by atoms with Crippen LogP contribution in [0.25, 0.3) is 0 Å². The van der Waals surface area contributed by atoms with Crippen molar-refractivity contribution in [2.75, 3.05) is 13.1 Å². The quantitative estimate of drug-likeness (QED) is 0.914. The molecule has 3 rings (SSSR count). The van der Waals surface area contributed by atoms with Crippen LogP contribution in [-0.2, 0) is 11.3 Å². The van der Waals surface area contributed by atoms with E-state index in [0.29, 0.717) is 23.0 Å². The maximum Gasteiger partial charge on any atom is 0.265 e. The molecule has 2 aromatic rings. The first-order valence-electron chi connectivity index (χ1n) is 7.38. The molecule has 2 N–H and O–H groups in total. The molecule has 1 aliphatic rings. The van der Waals surface area contributed by atoms with Crippen molar-refractivity contribution >= 4 is 34.8 Å².